The van der Waals surface area contributed by atoms with E-state index in [1.165, 1.54) is 5.69 Å². The van der Waals surface area contributed by atoms with Crippen LogP contribution in [0.1, 0.15) is 46.7 Å². The van der Waals surface area contributed by atoms with Gasteiger partial charge in [0, 0.05) is 37.1 Å². The number of rotatable bonds is 4. The summed E-state index contributed by atoms with van der Waals surface area (Å²) in [4.78, 5) is 18.9. The summed E-state index contributed by atoms with van der Waals surface area (Å²) in [7, 11) is 0. The lowest BCUT2D eigenvalue weighted by Crippen LogP contribution is -2.49. The van der Waals surface area contributed by atoms with Gasteiger partial charge in [-0.3, -0.25) is 4.79 Å². The van der Waals surface area contributed by atoms with Gasteiger partial charge in [-0.15, -0.1) is 0 Å². The average molecular weight is 297 g/mol. The number of aromatic nitrogens is 2. The van der Waals surface area contributed by atoms with Crippen LogP contribution in [0.5, 0.6) is 0 Å². The third-order valence-corrected chi connectivity index (χ3v) is 4.33. The van der Waals surface area contributed by atoms with E-state index in [0.717, 1.165) is 43.0 Å². The van der Waals surface area contributed by atoms with Crippen molar-refractivity contribution in [3.63, 3.8) is 0 Å². The van der Waals surface area contributed by atoms with Gasteiger partial charge in [0.1, 0.15) is 5.82 Å². The maximum Gasteiger partial charge on any atom is 0.253 e. The van der Waals surface area contributed by atoms with E-state index in [9.17, 15) is 4.79 Å². The first-order valence-electron chi connectivity index (χ1n) is 7.98. The smallest absolute Gasteiger partial charge is 0.253 e. The molecule has 4 heteroatoms. The minimum absolute atomic E-state index is 0.130. The van der Waals surface area contributed by atoms with Gasteiger partial charge in [0.15, 0.2) is 0 Å². The lowest BCUT2D eigenvalue weighted by Gasteiger charge is -2.39. The van der Waals surface area contributed by atoms with Gasteiger partial charge in [-0.05, 0) is 32.4 Å². The summed E-state index contributed by atoms with van der Waals surface area (Å²) in [5.41, 5.74) is 3.11. The van der Waals surface area contributed by atoms with Gasteiger partial charge in [-0.2, -0.15) is 0 Å². The van der Waals surface area contributed by atoms with Crippen molar-refractivity contribution in [3.05, 3.63) is 53.1 Å². The predicted molar refractivity (Wildman–Crippen MR) is 87.1 cm³/mol. The zero-order chi connectivity index (χ0) is 15.7. The largest absolute Gasteiger partial charge is 0.337 e. The third kappa shape index (κ3) is 2.65. The number of carbonyl (C=O) groups excluding carboxylic acids is 1. The molecule has 1 saturated heterocycles. The highest BCUT2D eigenvalue weighted by atomic mass is 16.2. The van der Waals surface area contributed by atoms with Gasteiger partial charge in [0.05, 0.1) is 5.92 Å². The van der Waals surface area contributed by atoms with Gasteiger partial charge in [0.25, 0.3) is 5.91 Å². The van der Waals surface area contributed by atoms with Crippen molar-refractivity contribution < 1.29 is 4.79 Å². The van der Waals surface area contributed by atoms with Crippen molar-refractivity contribution in [2.45, 2.75) is 39.7 Å². The van der Waals surface area contributed by atoms with Crippen LogP contribution in [-0.4, -0.2) is 33.4 Å². The molecule has 2 aromatic rings. The molecule has 4 nitrogen and oxygen atoms in total. The van der Waals surface area contributed by atoms with Crippen molar-refractivity contribution in [3.8, 4) is 0 Å². The third-order valence-electron chi connectivity index (χ3n) is 4.33. The standard InChI is InChI=1S/C18H23N3O/c1-4-8-21-14(3)10-19-17(21)16-11-20(12-16)18(22)15-7-5-6-13(2)9-15/h5-7,9-10,16H,4,8,11-12H2,1-3H3. The Hall–Kier alpha value is -2.10. The van der Waals surface area contributed by atoms with Crippen LogP contribution in [0.4, 0.5) is 0 Å². The van der Waals surface area contributed by atoms with Crippen LogP contribution in [0.15, 0.2) is 30.5 Å². The van der Waals surface area contributed by atoms with E-state index in [2.05, 4.69) is 23.4 Å². The lowest BCUT2D eigenvalue weighted by molar-refractivity contribution is 0.0591. The van der Waals surface area contributed by atoms with Crippen molar-refractivity contribution in [1.29, 1.82) is 0 Å². The number of carbonyl (C=O) groups is 1. The maximum absolute atomic E-state index is 12.5. The lowest BCUT2D eigenvalue weighted by atomic mass is 9.97. The summed E-state index contributed by atoms with van der Waals surface area (Å²) in [6.45, 7) is 8.83. The van der Waals surface area contributed by atoms with E-state index in [1.54, 1.807) is 0 Å². The molecule has 0 spiro atoms. The summed E-state index contributed by atoms with van der Waals surface area (Å²) < 4.78 is 2.29. The molecule has 0 unspecified atom stereocenters. The van der Waals surface area contributed by atoms with Crippen LogP contribution < -0.4 is 0 Å². The highest BCUT2D eigenvalue weighted by Gasteiger charge is 2.35. The summed E-state index contributed by atoms with van der Waals surface area (Å²) in [6.07, 6.45) is 3.04. The Kier molecular flexibility index (Phi) is 4.01. The van der Waals surface area contributed by atoms with Crippen molar-refractivity contribution in [2.75, 3.05) is 13.1 Å². The Bertz CT molecular complexity index is 683. The first-order chi connectivity index (χ1) is 10.6. The van der Waals surface area contributed by atoms with Crippen molar-refractivity contribution in [1.82, 2.24) is 14.5 Å². The van der Waals surface area contributed by atoms with Crippen LogP contribution in [0, 0.1) is 13.8 Å². The Morgan fingerprint density at radius 2 is 2.09 bits per heavy atom. The van der Waals surface area contributed by atoms with Crippen LogP contribution >= 0.6 is 0 Å². The molecule has 22 heavy (non-hydrogen) atoms. The topological polar surface area (TPSA) is 38.1 Å². The van der Waals surface area contributed by atoms with Gasteiger partial charge in [0.2, 0.25) is 0 Å². The Balaban J connectivity index is 1.68. The highest BCUT2D eigenvalue weighted by Crippen LogP contribution is 2.28. The van der Waals surface area contributed by atoms with Crippen LogP contribution in [0.2, 0.25) is 0 Å². The molecule has 1 aliphatic heterocycles. The molecule has 1 aliphatic rings. The van der Waals surface area contributed by atoms with Crippen LogP contribution in [0.25, 0.3) is 0 Å². The molecule has 3 rings (SSSR count). The molecule has 0 aliphatic carbocycles. The summed E-state index contributed by atoms with van der Waals surface area (Å²) in [5.74, 6) is 1.63. The number of aryl methyl sites for hydroxylation is 2. The summed E-state index contributed by atoms with van der Waals surface area (Å²) in [5, 5.41) is 0. The maximum atomic E-state index is 12.5. The molecular weight excluding hydrogens is 274 g/mol. The van der Waals surface area contributed by atoms with E-state index in [1.807, 2.05) is 42.3 Å². The molecule has 0 saturated carbocycles. The fourth-order valence-electron chi connectivity index (χ4n) is 3.09. The van der Waals surface area contributed by atoms with E-state index < -0.39 is 0 Å². The molecule has 116 valence electrons. The number of hydrogen-bond donors (Lipinski definition) is 0. The van der Waals surface area contributed by atoms with Crippen molar-refractivity contribution >= 4 is 5.91 Å². The van der Waals surface area contributed by atoms with E-state index >= 15 is 0 Å². The fourth-order valence-corrected chi connectivity index (χ4v) is 3.09. The zero-order valence-electron chi connectivity index (χ0n) is 13.5. The normalized spacial score (nSPS) is 15.0. The zero-order valence-corrected chi connectivity index (χ0v) is 13.5. The summed E-state index contributed by atoms with van der Waals surface area (Å²) in [6, 6.07) is 7.81. The van der Waals surface area contributed by atoms with Gasteiger partial charge < -0.3 is 9.47 Å². The molecule has 1 amide bonds. The fraction of sp³-hybridized carbons (Fsp3) is 0.444. The molecule has 0 bridgehead atoms. The SMILES string of the molecule is CCCn1c(C)cnc1C1CN(C(=O)c2cccc(C)c2)C1. The average Bonchev–Trinajstić information content (AvgIpc) is 2.80. The molecule has 0 atom stereocenters. The number of likely N-dealkylation sites (tertiary alicyclic amines) is 1. The Labute approximate surface area is 131 Å². The van der Waals surface area contributed by atoms with Crippen LogP contribution in [-0.2, 0) is 6.54 Å². The molecule has 2 heterocycles. The highest BCUT2D eigenvalue weighted by molar-refractivity contribution is 5.95. The second-order valence-corrected chi connectivity index (χ2v) is 6.19. The number of imidazole rings is 1. The first kappa shape index (κ1) is 14.8. The second kappa shape index (κ2) is 5.95. The van der Waals surface area contributed by atoms with Gasteiger partial charge >= 0.3 is 0 Å². The Morgan fingerprint density at radius 1 is 1.32 bits per heavy atom. The molecule has 1 aromatic heterocycles. The minimum atomic E-state index is 0.130. The monoisotopic (exact) mass is 297 g/mol. The second-order valence-electron chi connectivity index (χ2n) is 6.19. The predicted octanol–water partition coefficient (Wildman–Crippen LogP) is 3.15. The summed E-state index contributed by atoms with van der Waals surface area (Å²) >= 11 is 0. The minimum Gasteiger partial charge on any atom is -0.337 e. The van der Waals surface area contributed by atoms with Crippen molar-refractivity contribution in [2.24, 2.45) is 0 Å². The quantitative estimate of drug-likeness (QED) is 0.869. The number of nitrogens with zero attached hydrogens (tertiary/aromatic N) is 3. The number of amides is 1. The number of benzene rings is 1. The molecule has 0 N–H and O–H groups in total. The van der Waals surface area contributed by atoms with Gasteiger partial charge in [-0.25, -0.2) is 4.98 Å². The number of hydrogen-bond acceptors (Lipinski definition) is 2. The van der Waals surface area contributed by atoms with Crippen LogP contribution in [0.3, 0.4) is 0 Å². The molecule has 1 fully saturated rings. The first-order valence-corrected chi connectivity index (χ1v) is 7.98. The van der Waals surface area contributed by atoms with E-state index in [0.29, 0.717) is 5.92 Å². The molecule has 0 radical (unpaired) electrons. The Morgan fingerprint density at radius 3 is 2.77 bits per heavy atom. The van der Waals surface area contributed by atoms with E-state index in [-0.39, 0.29) is 5.91 Å². The van der Waals surface area contributed by atoms with E-state index in [4.69, 9.17) is 0 Å². The molecular formula is C18H23N3O. The molecule has 1 aromatic carbocycles. The van der Waals surface area contributed by atoms with Gasteiger partial charge in [-0.1, -0.05) is 24.6 Å².